The van der Waals surface area contributed by atoms with E-state index < -0.39 is 4.92 Å². The number of hydrogen-bond donors (Lipinski definition) is 1. The molecule has 0 aliphatic carbocycles. The van der Waals surface area contributed by atoms with Crippen molar-refractivity contribution in [1.82, 2.24) is 5.32 Å². The van der Waals surface area contributed by atoms with Crippen LogP contribution in [0, 0.1) is 17.0 Å². The van der Waals surface area contributed by atoms with E-state index in [2.05, 4.69) is 5.32 Å². The van der Waals surface area contributed by atoms with Gasteiger partial charge < -0.3 is 10.1 Å². The zero-order valence-electron chi connectivity index (χ0n) is 9.81. The van der Waals surface area contributed by atoms with Gasteiger partial charge in [0.25, 0.3) is 0 Å². The normalized spacial score (nSPS) is 19.2. The van der Waals surface area contributed by atoms with Crippen molar-refractivity contribution >= 4 is 5.69 Å². The first kappa shape index (κ1) is 11.9. The van der Waals surface area contributed by atoms with Crippen molar-refractivity contribution < 1.29 is 9.66 Å². The average Bonchev–Trinajstić information content (AvgIpc) is 2.80. The topological polar surface area (TPSA) is 64.4 Å². The van der Waals surface area contributed by atoms with Crippen LogP contribution in [0.25, 0.3) is 0 Å². The van der Waals surface area contributed by atoms with Gasteiger partial charge in [-0.25, -0.2) is 0 Å². The average molecular weight is 236 g/mol. The van der Waals surface area contributed by atoms with Crippen LogP contribution in [-0.2, 0) is 0 Å². The molecule has 92 valence electrons. The number of nitro groups is 1. The summed E-state index contributed by atoms with van der Waals surface area (Å²) in [7, 11) is 0. The second-order valence-electron chi connectivity index (χ2n) is 4.33. The number of nitro benzene ring substituents is 1. The third kappa shape index (κ3) is 2.94. The second-order valence-corrected chi connectivity index (χ2v) is 4.33. The molecular formula is C12H16N2O3. The molecule has 1 aromatic carbocycles. The van der Waals surface area contributed by atoms with Crippen LogP contribution < -0.4 is 10.1 Å². The summed E-state index contributed by atoms with van der Waals surface area (Å²) in [5.41, 5.74) is 0.908. The van der Waals surface area contributed by atoms with E-state index in [1.54, 1.807) is 6.07 Å². The van der Waals surface area contributed by atoms with Crippen LogP contribution >= 0.6 is 0 Å². The van der Waals surface area contributed by atoms with E-state index in [1.165, 1.54) is 6.07 Å². The fraction of sp³-hybridized carbons (Fsp3) is 0.500. The Morgan fingerprint density at radius 3 is 3.06 bits per heavy atom. The monoisotopic (exact) mass is 236 g/mol. The molecule has 1 aromatic rings. The highest BCUT2D eigenvalue weighted by molar-refractivity contribution is 5.48. The van der Waals surface area contributed by atoms with Crippen LogP contribution in [0.15, 0.2) is 18.2 Å². The Kier molecular flexibility index (Phi) is 3.58. The Bertz CT molecular complexity index is 414. The van der Waals surface area contributed by atoms with Crippen molar-refractivity contribution in [2.45, 2.75) is 25.8 Å². The number of rotatable bonds is 4. The number of hydrogen-bond acceptors (Lipinski definition) is 4. The lowest BCUT2D eigenvalue weighted by molar-refractivity contribution is -0.385. The molecular weight excluding hydrogens is 220 g/mol. The molecule has 0 bridgehead atoms. The van der Waals surface area contributed by atoms with Crippen molar-refractivity contribution in [2.24, 2.45) is 0 Å². The van der Waals surface area contributed by atoms with E-state index in [1.807, 2.05) is 13.0 Å². The van der Waals surface area contributed by atoms with Crippen molar-refractivity contribution in [2.75, 3.05) is 13.2 Å². The minimum atomic E-state index is -0.398. The zero-order valence-corrected chi connectivity index (χ0v) is 9.81. The molecule has 1 aliphatic heterocycles. The predicted octanol–water partition coefficient (Wildman–Crippen LogP) is 2.03. The SMILES string of the molecule is Cc1ccc(OC[C@@H]2CCCN2)c([N+](=O)[O-])c1. The number of nitrogens with zero attached hydrogens (tertiary/aromatic N) is 1. The number of aryl methyl sites for hydroxylation is 1. The summed E-state index contributed by atoms with van der Waals surface area (Å²) in [6.07, 6.45) is 2.21. The van der Waals surface area contributed by atoms with Gasteiger partial charge in [-0.05, 0) is 37.9 Å². The molecule has 0 aromatic heterocycles. The molecule has 0 unspecified atom stereocenters. The van der Waals surface area contributed by atoms with Gasteiger partial charge in [-0.1, -0.05) is 6.07 Å². The molecule has 1 N–H and O–H groups in total. The van der Waals surface area contributed by atoms with Gasteiger partial charge in [-0.15, -0.1) is 0 Å². The summed E-state index contributed by atoms with van der Waals surface area (Å²) in [6.45, 7) is 3.32. The summed E-state index contributed by atoms with van der Waals surface area (Å²) in [5, 5.41) is 14.2. The van der Waals surface area contributed by atoms with Gasteiger partial charge in [0.1, 0.15) is 6.61 Å². The van der Waals surface area contributed by atoms with Crippen LogP contribution in [0.5, 0.6) is 5.75 Å². The lowest BCUT2D eigenvalue weighted by atomic mass is 10.2. The predicted molar refractivity (Wildman–Crippen MR) is 64.4 cm³/mol. The van der Waals surface area contributed by atoms with E-state index in [0.29, 0.717) is 18.4 Å². The quantitative estimate of drug-likeness (QED) is 0.641. The van der Waals surface area contributed by atoms with E-state index in [4.69, 9.17) is 4.74 Å². The molecule has 1 aliphatic rings. The van der Waals surface area contributed by atoms with Crippen LogP contribution in [0.3, 0.4) is 0 Å². The molecule has 0 amide bonds. The van der Waals surface area contributed by atoms with Crippen LogP contribution in [-0.4, -0.2) is 24.1 Å². The molecule has 1 saturated heterocycles. The van der Waals surface area contributed by atoms with Crippen molar-refractivity contribution in [3.05, 3.63) is 33.9 Å². The van der Waals surface area contributed by atoms with Crippen LogP contribution in [0.2, 0.25) is 0 Å². The molecule has 5 heteroatoms. The molecule has 2 rings (SSSR count). The van der Waals surface area contributed by atoms with Gasteiger partial charge in [0, 0.05) is 12.1 Å². The first-order valence-electron chi connectivity index (χ1n) is 5.78. The van der Waals surface area contributed by atoms with Crippen LogP contribution in [0.1, 0.15) is 18.4 Å². The third-order valence-electron chi connectivity index (χ3n) is 2.91. The summed E-state index contributed by atoms with van der Waals surface area (Å²) in [4.78, 5) is 10.5. The fourth-order valence-corrected chi connectivity index (χ4v) is 1.98. The highest BCUT2D eigenvalue weighted by Gasteiger charge is 2.18. The standard InChI is InChI=1S/C12H16N2O3/c1-9-4-5-12(11(7-9)14(15)16)17-8-10-3-2-6-13-10/h4-5,7,10,13H,2-3,6,8H2,1H3/t10-/m0/s1. The van der Waals surface area contributed by atoms with Gasteiger partial charge in [0.2, 0.25) is 0 Å². The molecule has 1 heterocycles. The zero-order chi connectivity index (χ0) is 12.3. The molecule has 0 saturated carbocycles. The summed E-state index contributed by atoms with van der Waals surface area (Å²) < 4.78 is 5.53. The maximum absolute atomic E-state index is 10.9. The van der Waals surface area contributed by atoms with E-state index in [0.717, 1.165) is 24.9 Å². The fourth-order valence-electron chi connectivity index (χ4n) is 1.98. The third-order valence-corrected chi connectivity index (χ3v) is 2.91. The lowest BCUT2D eigenvalue weighted by Gasteiger charge is -2.12. The van der Waals surface area contributed by atoms with Gasteiger partial charge in [0.05, 0.1) is 4.92 Å². The molecule has 17 heavy (non-hydrogen) atoms. The maximum atomic E-state index is 10.9. The van der Waals surface area contributed by atoms with E-state index in [9.17, 15) is 10.1 Å². The first-order valence-corrected chi connectivity index (χ1v) is 5.78. The van der Waals surface area contributed by atoms with Crippen LogP contribution in [0.4, 0.5) is 5.69 Å². The number of nitrogens with one attached hydrogen (secondary N) is 1. The molecule has 0 spiro atoms. The number of ether oxygens (including phenoxy) is 1. The second kappa shape index (κ2) is 5.14. The van der Waals surface area contributed by atoms with Gasteiger partial charge >= 0.3 is 5.69 Å². The molecule has 1 fully saturated rings. The Hall–Kier alpha value is -1.62. The minimum Gasteiger partial charge on any atom is -0.485 e. The maximum Gasteiger partial charge on any atom is 0.311 e. The molecule has 0 radical (unpaired) electrons. The molecule has 1 atom stereocenters. The highest BCUT2D eigenvalue weighted by atomic mass is 16.6. The largest absolute Gasteiger partial charge is 0.485 e. The van der Waals surface area contributed by atoms with Crippen molar-refractivity contribution in [3.63, 3.8) is 0 Å². The first-order chi connectivity index (χ1) is 8.16. The van der Waals surface area contributed by atoms with Crippen molar-refractivity contribution in [1.29, 1.82) is 0 Å². The highest BCUT2D eigenvalue weighted by Crippen LogP contribution is 2.28. The summed E-state index contributed by atoms with van der Waals surface area (Å²) in [6, 6.07) is 5.35. The number of benzene rings is 1. The Labute approximate surface area is 99.9 Å². The summed E-state index contributed by atoms with van der Waals surface area (Å²) >= 11 is 0. The van der Waals surface area contributed by atoms with Gasteiger partial charge in [-0.3, -0.25) is 10.1 Å². The lowest BCUT2D eigenvalue weighted by Crippen LogP contribution is -2.28. The minimum absolute atomic E-state index is 0.0444. The summed E-state index contributed by atoms with van der Waals surface area (Å²) in [5.74, 6) is 0.356. The Morgan fingerprint density at radius 2 is 2.41 bits per heavy atom. The van der Waals surface area contributed by atoms with Gasteiger partial charge in [-0.2, -0.15) is 0 Å². The van der Waals surface area contributed by atoms with Gasteiger partial charge in [0.15, 0.2) is 5.75 Å². The Morgan fingerprint density at radius 1 is 1.59 bits per heavy atom. The van der Waals surface area contributed by atoms with E-state index >= 15 is 0 Å². The Balaban J connectivity index is 2.06. The molecule has 5 nitrogen and oxygen atoms in total. The van der Waals surface area contributed by atoms with E-state index in [-0.39, 0.29) is 5.69 Å². The van der Waals surface area contributed by atoms with Crippen molar-refractivity contribution in [3.8, 4) is 5.75 Å². The smallest absolute Gasteiger partial charge is 0.311 e.